The molecule has 3 heteroatoms. The second-order valence-electron chi connectivity index (χ2n) is 8.95. The monoisotopic (exact) mass is 334 g/mol. The number of aliphatic hydroxyl groups excluding tert-OH is 1. The van der Waals surface area contributed by atoms with Crippen LogP contribution in [0.1, 0.15) is 65.2 Å². The van der Waals surface area contributed by atoms with Gasteiger partial charge in [0.1, 0.15) is 0 Å². The Morgan fingerprint density at radius 2 is 2.00 bits per heavy atom. The lowest BCUT2D eigenvalue weighted by Crippen LogP contribution is -2.48. The van der Waals surface area contributed by atoms with Crippen LogP contribution < -0.4 is 0 Å². The first-order chi connectivity index (χ1) is 11.5. The molecule has 0 aromatic rings. The van der Waals surface area contributed by atoms with E-state index in [9.17, 15) is 5.11 Å². The zero-order valence-corrected chi connectivity index (χ0v) is 15.6. The van der Waals surface area contributed by atoms with Crippen LogP contribution >= 0.6 is 0 Å². The summed E-state index contributed by atoms with van der Waals surface area (Å²) in [4.78, 5) is 0. The van der Waals surface area contributed by atoms with Gasteiger partial charge in [-0.3, -0.25) is 0 Å². The Labute approximate surface area is 146 Å². The lowest BCUT2D eigenvalue weighted by molar-refractivity contribution is -0.250. The van der Waals surface area contributed by atoms with Crippen molar-refractivity contribution in [2.45, 2.75) is 77.1 Å². The van der Waals surface area contributed by atoms with Crippen LogP contribution in [-0.2, 0) is 9.47 Å². The summed E-state index contributed by atoms with van der Waals surface area (Å²) in [5.74, 6) is 2.53. The number of allylic oxidation sites excluding steroid dienone is 2. The average Bonchev–Trinajstić information content (AvgIpc) is 2.90. The third-order valence-electron chi connectivity index (χ3n) is 8.09. The quantitative estimate of drug-likeness (QED) is 0.618. The van der Waals surface area contributed by atoms with Gasteiger partial charge in [-0.2, -0.15) is 0 Å². The predicted molar refractivity (Wildman–Crippen MR) is 94.5 cm³/mol. The van der Waals surface area contributed by atoms with Crippen LogP contribution in [0.2, 0.25) is 0 Å². The van der Waals surface area contributed by atoms with Crippen LogP contribution in [-0.4, -0.2) is 30.7 Å². The van der Waals surface area contributed by atoms with Crippen LogP contribution in [0.4, 0.5) is 0 Å². The molecule has 136 valence electrons. The molecule has 0 spiro atoms. The highest BCUT2D eigenvalue weighted by molar-refractivity contribution is 5.25. The minimum absolute atomic E-state index is 0.0940. The van der Waals surface area contributed by atoms with Gasteiger partial charge in [0.25, 0.3) is 0 Å². The summed E-state index contributed by atoms with van der Waals surface area (Å²) in [7, 11) is 1.81. The van der Waals surface area contributed by atoms with Crippen molar-refractivity contribution in [2.75, 3.05) is 13.7 Å². The van der Waals surface area contributed by atoms with E-state index in [0.717, 1.165) is 44.1 Å². The van der Waals surface area contributed by atoms with E-state index < -0.39 is 0 Å². The van der Waals surface area contributed by atoms with Gasteiger partial charge in [-0.15, -0.1) is 0 Å². The normalized spacial score (nSPS) is 50.7. The smallest absolute Gasteiger partial charge is 0.168 e. The molecule has 3 saturated carbocycles. The maximum atomic E-state index is 10.5. The van der Waals surface area contributed by atoms with Crippen LogP contribution in [0.15, 0.2) is 11.6 Å². The van der Waals surface area contributed by atoms with E-state index >= 15 is 0 Å². The third kappa shape index (κ3) is 2.42. The van der Waals surface area contributed by atoms with Crippen molar-refractivity contribution in [3.05, 3.63) is 11.6 Å². The highest BCUT2D eigenvalue weighted by Crippen LogP contribution is 2.61. The fraction of sp³-hybridized carbons (Fsp3) is 0.905. The number of fused-ring (bicyclic) bond motifs is 5. The Balaban J connectivity index is 1.56. The van der Waals surface area contributed by atoms with Gasteiger partial charge < -0.3 is 14.6 Å². The van der Waals surface area contributed by atoms with E-state index in [4.69, 9.17) is 9.47 Å². The molecular formula is C21H34O3. The summed E-state index contributed by atoms with van der Waals surface area (Å²) < 4.78 is 11.9. The topological polar surface area (TPSA) is 38.7 Å². The van der Waals surface area contributed by atoms with Gasteiger partial charge in [-0.05, 0) is 69.1 Å². The Hall–Kier alpha value is -0.380. The van der Waals surface area contributed by atoms with Gasteiger partial charge in [-0.25, -0.2) is 0 Å². The molecule has 3 nitrogen and oxygen atoms in total. The first-order valence-electron chi connectivity index (χ1n) is 10.1. The van der Waals surface area contributed by atoms with E-state index in [0.29, 0.717) is 11.8 Å². The van der Waals surface area contributed by atoms with Gasteiger partial charge >= 0.3 is 0 Å². The second-order valence-corrected chi connectivity index (χ2v) is 8.95. The molecule has 4 aliphatic carbocycles. The van der Waals surface area contributed by atoms with Crippen molar-refractivity contribution in [1.82, 2.24) is 0 Å². The molecule has 4 rings (SSSR count). The van der Waals surface area contributed by atoms with E-state index in [-0.39, 0.29) is 17.3 Å². The molecule has 0 amide bonds. The Kier molecular flexibility index (Phi) is 4.34. The van der Waals surface area contributed by atoms with Gasteiger partial charge in [0.2, 0.25) is 0 Å². The summed E-state index contributed by atoms with van der Waals surface area (Å²) in [5.41, 5.74) is 1.88. The molecular weight excluding hydrogens is 300 g/mol. The molecule has 3 fully saturated rings. The summed E-state index contributed by atoms with van der Waals surface area (Å²) in [6, 6.07) is 0. The first-order valence-corrected chi connectivity index (χ1v) is 10.1. The first kappa shape index (κ1) is 17.1. The molecule has 0 aromatic carbocycles. The fourth-order valence-electron chi connectivity index (χ4n) is 6.74. The van der Waals surface area contributed by atoms with Crippen LogP contribution in [0.25, 0.3) is 0 Å². The molecule has 24 heavy (non-hydrogen) atoms. The zero-order valence-electron chi connectivity index (χ0n) is 15.6. The van der Waals surface area contributed by atoms with Crippen molar-refractivity contribution in [2.24, 2.45) is 29.1 Å². The highest BCUT2D eigenvalue weighted by Gasteiger charge is 2.55. The molecule has 4 aliphatic rings. The summed E-state index contributed by atoms with van der Waals surface area (Å²) in [5, 5.41) is 10.5. The SMILES string of the molecule is CCOC1(OC)CCC2C3=CCC4(C)C(O)CCC4C3CCC2C1. The van der Waals surface area contributed by atoms with Crippen LogP contribution in [0, 0.1) is 29.1 Å². The standard InChI is InChI=1S/C21H34O3/c1-4-24-21(23-3)12-10-15-14(13-21)5-6-17-16(15)9-11-20(2)18(17)7-8-19(20)22/h9,14-15,17-19,22H,4-8,10-13H2,1-3H3. The van der Waals surface area contributed by atoms with Crippen molar-refractivity contribution in [1.29, 1.82) is 0 Å². The largest absolute Gasteiger partial charge is 0.393 e. The molecule has 1 N–H and O–H groups in total. The molecule has 0 radical (unpaired) electrons. The molecule has 7 atom stereocenters. The Bertz CT molecular complexity index is 515. The van der Waals surface area contributed by atoms with Gasteiger partial charge in [0.15, 0.2) is 5.79 Å². The van der Waals surface area contributed by atoms with E-state index in [1.165, 1.54) is 25.7 Å². The fourth-order valence-corrected chi connectivity index (χ4v) is 6.74. The number of ether oxygens (including phenoxy) is 2. The zero-order chi connectivity index (χ0) is 16.9. The van der Waals surface area contributed by atoms with Crippen LogP contribution in [0.5, 0.6) is 0 Å². The second kappa shape index (κ2) is 6.10. The highest BCUT2D eigenvalue weighted by atomic mass is 16.7. The number of hydrogen-bond donors (Lipinski definition) is 1. The van der Waals surface area contributed by atoms with E-state index in [1.807, 2.05) is 7.11 Å². The van der Waals surface area contributed by atoms with Gasteiger partial charge in [0.05, 0.1) is 6.10 Å². The number of aliphatic hydroxyl groups is 1. The minimum Gasteiger partial charge on any atom is -0.393 e. The van der Waals surface area contributed by atoms with Gasteiger partial charge in [-0.1, -0.05) is 18.6 Å². The minimum atomic E-state index is -0.337. The number of hydrogen-bond acceptors (Lipinski definition) is 3. The molecule has 0 aromatic heterocycles. The van der Waals surface area contributed by atoms with Crippen LogP contribution in [0.3, 0.4) is 0 Å². The van der Waals surface area contributed by atoms with Crippen molar-refractivity contribution in [3.63, 3.8) is 0 Å². The molecule has 7 unspecified atom stereocenters. The van der Waals surface area contributed by atoms with Gasteiger partial charge in [0, 0.05) is 32.0 Å². The van der Waals surface area contributed by atoms with Crippen molar-refractivity contribution in [3.8, 4) is 0 Å². The maximum absolute atomic E-state index is 10.5. The third-order valence-corrected chi connectivity index (χ3v) is 8.09. The van der Waals surface area contributed by atoms with E-state index in [2.05, 4.69) is 19.9 Å². The Morgan fingerprint density at radius 3 is 2.75 bits per heavy atom. The summed E-state index contributed by atoms with van der Waals surface area (Å²) >= 11 is 0. The predicted octanol–water partition coefficient (Wildman–Crippen LogP) is 4.30. The number of methoxy groups -OCH3 is 1. The average molecular weight is 335 g/mol. The molecule has 0 saturated heterocycles. The van der Waals surface area contributed by atoms with Crippen molar-refractivity contribution >= 4 is 0 Å². The van der Waals surface area contributed by atoms with E-state index in [1.54, 1.807) is 5.57 Å². The molecule has 0 heterocycles. The lowest BCUT2D eigenvalue weighted by Gasteiger charge is -2.53. The Morgan fingerprint density at radius 1 is 1.17 bits per heavy atom. The molecule has 0 aliphatic heterocycles. The lowest BCUT2D eigenvalue weighted by atomic mass is 9.54. The maximum Gasteiger partial charge on any atom is 0.168 e. The van der Waals surface area contributed by atoms with Crippen molar-refractivity contribution < 1.29 is 14.6 Å². The number of rotatable bonds is 3. The summed E-state index contributed by atoms with van der Waals surface area (Å²) in [6.07, 6.45) is 11.6. The molecule has 0 bridgehead atoms. The summed E-state index contributed by atoms with van der Waals surface area (Å²) in [6.45, 7) is 5.13.